The number of Topliss-reactive ketones (excluding diaryl/α,β-unsaturated/α-hetero) is 1. The van der Waals surface area contributed by atoms with E-state index >= 15 is 0 Å². The van der Waals surface area contributed by atoms with Crippen molar-refractivity contribution in [3.05, 3.63) is 35.4 Å². The maximum absolute atomic E-state index is 12.6. The average molecular weight is 286 g/mol. The maximum Gasteiger partial charge on any atom is 0.416 e. The summed E-state index contributed by atoms with van der Waals surface area (Å²) in [5.74, 6) is 0.304. The van der Waals surface area contributed by atoms with Gasteiger partial charge in [0.2, 0.25) is 0 Å². The van der Waals surface area contributed by atoms with Crippen molar-refractivity contribution in [2.24, 2.45) is 5.92 Å². The van der Waals surface area contributed by atoms with Crippen molar-refractivity contribution in [2.75, 3.05) is 13.2 Å². The van der Waals surface area contributed by atoms with E-state index in [2.05, 4.69) is 0 Å². The van der Waals surface area contributed by atoms with Crippen molar-refractivity contribution in [3.8, 4) is 0 Å². The van der Waals surface area contributed by atoms with Gasteiger partial charge in [0.25, 0.3) is 0 Å². The highest BCUT2D eigenvalue weighted by atomic mass is 19.4. The molecule has 0 bridgehead atoms. The summed E-state index contributed by atoms with van der Waals surface area (Å²) < 4.78 is 43.0. The maximum atomic E-state index is 12.6. The Bertz CT molecular complexity index is 462. The Morgan fingerprint density at radius 3 is 2.60 bits per heavy atom. The van der Waals surface area contributed by atoms with Crippen LogP contribution in [0.15, 0.2) is 24.3 Å². The van der Waals surface area contributed by atoms with Crippen molar-refractivity contribution in [3.63, 3.8) is 0 Å². The van der Waals surface area contributed by atoms with Gasteiger partial charge in [0.05, 0.1) is 5.56 Å². The summed E-state index contributed by atoms with van der Waals surface area (Å²) in [6.07, 6.45) is -2.15. The molecule has 0 aromatic heterocycles. The molecule has 1 fully saturated rings. The summed E-state index contributed by atoms with van der Waals surface area (Å²) in [6, 6.07) is 4.99. The third-order valence-electron chi connectivity index (χ3n) is 3.51. The number of hydrogen-bond acceptors (Lipinski definition) is 2. The van der Waals surface area contributed by atoms with Gasteiger partial charge >= 0.3 is 6.18 Å². The van der Waals surface area contributed by atoms with E-state index in [4.69, 9.17) is 4.74 Å². The Morgan fingerprint density at radius 2 is 1.95 bits per heavy atom. The lowest BCUT2D eigenvalue weighted by Crippen LogP contribution is -2.19. The number of carbonyl (C=O) groups excluding carboxylic acids is 1. The smallest absolute Gasteiger partial charge is 0.381 e. The van der Waals surface area contributed by atoms with Gasteiger partial charge in [0, 0.05) is 26.1 Å². The molecule has 1 aromatic carbocycles. The molecule has 2 nitrogen and oxygen atoms in total. The molecule has 20 heavy (non-hydrogen) atoms. The standard InChI is InChI=1S/C15H17F3O2/c16-15(17,18)13-3-1-2-12(8-13)10-14(19)9-11-4-6-20-7-5-11/h1-3,8,11H,4-7,9-10H2. The van der Waals surface area contributed by atoms with E-state index in [1.165, 1.54) is 6.07 Å². The molecule has 0 atom stereocenters. The van der Waals surface area contributed by atoms with Crippen LogP contribution in [0.25, 0.3) is 0 Å². The van der Waals surface area contributed by atoms with E-state index in [0.29, 0.717) is 31.1 Å². The Morgan fingerprint density at radius 1 is 1.25 bits per heavy atom. The topological polar surface area (TPSA) is 26.3 Å². The number of carbonyl (C=O) groups is 1. The summed E-state index contributed by atoms with van der Waals surface area (Å²) in [5, 5.41) is 0. The SMILES string of the molecule is O=C(Cc1cccc(C(F)(F)F)c1)CC1CCOCC1. The van der Waals surface area contributed by atoms with E-state index in [-0.39, 0.29) is 12.2 Å². The van der Waals surface area contributed by atoms with Crippen LogP contribution in [-0.2, 0) is 22.1 Å². The van der Waals surface area contributed by atoms with Gasteiger partial charge in [-0.3, -0.25) is 4.79 Å². The molecule has 1 aromatic rings. The molecular formula is C15H17F3O2. The first-order valence-electron chi connectivity index (χ1n) is 6.71. The highest BCUT2D eigenvalue weighted by molar-refractivity contribution is 5.81. The molecule has 0 spiro atoms. The highest BCUT2D eigenvalue weighted by Gasteiger charge is 2.30. The van der Waals surface area contributed by atoms with Crippen LogP contribution in [0.5, 0.6) is 0 Å². The van der Waals surface area contributed by atoms with Crippen LogP contribution in [0.3, 0.4) is 0 Å². The molecule has 1 aliphatic heterocycles. The second-order valence-electron chi connectivity index (χ2n) is 5.17. The zero-order valence-corrected chi connectivity index (χ0v) is 11.1. The number of halogens is 3. The Hall–Kier alpha value is -1.36. The molecule has 0 N–H and O–H groups in total. The third kappa shape index (κ3) is 4.34. The second kappa shape index (κ2) is 6.39. The number of rotatable bonds is 4. The minimum Gasteiger partial charge on any atom is -0.381 e. The molecule has 1 saturated heterocycles. The number of hydrogen-bond donors (Lipinski definition) is 0. The zero-order valence-electron chi connectivity index (χ0n) is 11.1. The summed E-state index contributed by atoms with van der Waals surface area (Å²) in [5.41, 5.74) is -0.272. The molecule has 0 unspecified atom stereocenters. The van der Waals surface area contributed by atoms with Gasteiger partial charge in [0.15, 0.2) is 0 Å². The summed E-state index contributed by atoms with van der Waals surface area (Å²) >= 11 is 0. The van der Waals surface area contributed by atoms with Crippen molar-refractivity contribution in [1.82, 2.24) is 0 Å². The van der Waals surface area contributed by atoms with E-state index < -0.39 is 11.7 Å². The molecule has 5 heteroatoms. The van der Waals surface area contributed by atoms with Crippen molar-refractivity contribution in [2.45, 2.75) is 31.9 Å². The largest absolute Gasteiger partial charge is 0.416 e. The lowest BCUT2D eigenvalue weighted by molar-refractivity contribution is -0.137. The molecule has 1 heterocycles. The first kappa shape index (κ1) is 15.0. The van der Waals surface area contributed by atoms with Crippen molar-refractivity contribution in [1.29, 1.82) is 0 Å². The van der Waals surface area contributed by atoms with Crippen LogP contribution in [0.1, 0.15) is 30.4 Å². The molecule has 0 amide bonds. The molecule has 0 saturated carbocycles. The summed E-state index contributed by atoms with van der Waals surface area (Å²) in [6.45, 7) is 1.34. The highest BCUT2D eigenvalue weighted by Crippen LogP contribution is 2.29. The molecule has 110 valence electrons. The average Bonchev–Trinajstić information content (AvgIpc) is 2.39. The van der Waals surface area contributed by atoms with Crippen molar-refractivity contribution < 1.29 is 22.7 Å². The molecular weight excluding hydrogens is 269 g/mol. The van der Waals surface area contributed by atoms with Crippen molar-refractivity contribution >= 4 is 5.78 Å². The van der Waals surface area contributed by atoms with Crippen LogP contribution < -0.4 is 0 Å². The fourth-order valence-corrected chi connectivity index (χ4v) is 2.43. The molecule has 1 aliphatic rings. The number of ether oxygens (including phenoxy) is 1. The van der Waals surface area contributed by atoms with Crippen LogP contribution in [0, 0.1) is 5.92 Å². The lowest BCUT2D eigenvalue weighted by Gasteiger charge is -2.21. The van der Waals surface area contributed by atoms with Crippen LogP contribution in [0.4, 0.5) is 13.2 Å². The molecule has 0 aliphatic carbocycles. The minimum absolute atomic E-state index is 0.00350. The van der Waals surface area contributed by atoms with Gasteiger partial charge in [0.1, 0.15) is 5.78 Å². The first-order chi connectivity index (χ1) is 9.45. The van der Waals surface area contributed by atoms with Gasteiger partial charge in [-0.2, -0.15) is 13.2 Å². The number of benzene rings is 1. The first-order valence-corrected chi connectivity index (χ1v) is 6.71. The van der Waals surface area contributed by atoms with Crippen LogP contribution >= 0.6 is 0 Å². The fourth-order valence-electron chi connectivity index (χ4n) is 2.43. The van der Waals surface area contributed by atoms with E-state index in [9.17, 15) is 18.0 Å². The normalized spacial score (nSPS) is 17.1. The summed E-state index contributed by atoms with van der Waals surface area (Å²) in [4.78, 5) is 11.9. The molecule has 0 radical (unpaired) electrons. The summed E-state index contributed by atoms with van der Waals surface area (Å²) in [7, 11) is 0. The van der Waals surface area contributed by atoms with Gasteiger partial charge in [-0.05, 0) is 30.4 Å². The van der Waals surface area contributed by atoms with Gasteiger partial charge in [-0.25, -0.2) is 0 Å². The van der Waals surface area contributed by atoms with Gasteiger partial charge in [-0.15, -0.1) is 0 Å². The Balaban J connectivity index is 1.93. The molecule has 2 rings (SSSR count). The van der Waals surface area contributed by atoms with Crippen LogP contribution in [-0.4, -0.2) is 19.0 Å². The zero-order chi connectivity index (χ0) is 14.6. The Labute approximate surface area is 115 Å². The van der Waals surface area contributed by atoms with E-state index in [0.717, 1.165) is 25.0 Å². The number of alkyl halides is 3. The van der Waals surface area contributed by atoms with Crippen LogP contribution in [0.2, 0.25) is 0 Å². The van der Waals surface area contributed by atoms with Gasteiger partial charge in [-0.1, -0.05) is 18.2 Å². The third-order valence-corrected chi connectivity index (χ3v) is 3.51. The van der Waals surface area contributed by atoms with Gasteiger partial charge < -0.3 is 4.74 Å². The lowest BCUT2D eigenvalue weighted by atomic mass is 9.92. The monoisotopic (exact) mass is 286 g/mol. The predicted molar refractivity (Wildman–Crippen MR) is 68.3 cm³/mol. The predicted octanol–water partition coefficient (Wildman–Crippen LogP) is 3.63. The minimum atomic E-state index is -4.36. The second-order valence-corrected chi connectivity index (χ2v) is 5.17. The fraction of sp³-hybridized carbons (Fsp3) is 0.533. The quantitative estimate of drug-likeness (QED) is 0.844. The number of ketones is 1. The van der Waals surface area contributed by atoms with E-state index in [1.54, 1.807) is 6.07 Å². The Kier molecular flexibility index (Phi) is 4.81. The van der Waals surface area contributed by atoms with E-state index in [1.807, 2.05) is 0 Å².